The van der Waals surface area contributed by atoms with E-state index < -0.39 is 5.97 Å². The first-order valence-corrected chi connectivity index (χ1v) is 5.73. The average molecular weight is 226 g/mol. The van der Waals surface area contributed by atoms with Crippen LogP contribution < -0.4 is 0 Å². The molecule has 0 fully saturated rings. The minimum Gasteiger partial charge on any atom is -0.478 e. The van der Waals surface area contributed by atoms with Crippen LogP contribution in [0.25, 0.3) is 0 Å². The van der Waals surface area contributed by atoms with E-state index >= 15 is 0 Å². The molecule has 82 valence electrons. The molecule has 0 aromatic carbocycles. The van der Waals surface area contributed by atoms with Gasteiger partial charge in [-0.3, -0.25) is 0 Å². The van der Waals surface area contributed by atoms with E-state index in [1.165, 1.54) is 6.20 Å². The maximum atomic E-state index is 10.8. The standard InChI is InChI=1S/C10H14N2O2S/c1-6-7(8(13)14)5-11-9(12-6)10(2,3)15-4/h5H,1-4H3,(H,13,14). The highest BCUT2D eigenvalue weighted by Crippen LogP contribution is 2.30. The Morgan fingerprint density at radius 1 is 1.53 bits per heavy atom. The van der Waals surface area contributed by atoms with E-state index in [-0.39, 0.29) is 10.3 Å². The molecular weight excluding hydrogens is 212 g/mol. The van der Waals surface area contributed by atoms with E-state index in [1.54, 1.807) is 18.7 Å². The average Bonchev–Trinajstić information content (AvgIpc) is 2.17. The van der Waals surface area contributed by atoms with E-state index in [0.29, 0.717) is 11.5 Å². The highest BCUT2D eigenvalue weighted by molar-refractivity contribution is 7.99. The van der Waals surface area contributed by atoms with Crippen LogP contribution in [0, 0.1) is 6.92 Å². The van der Waals surface area contributed by atoms with Gasteiger partial charge < -0.3 is 5.11 Å². The lowest BCUT2D eigenvalue weighted by Gasteiger charge is -2.20. The van der Waals surface area contributed by atoms with Crippen LogP contribution in [0.3, 0.4) is 0 Å². The Hall–Kier alpha value is -1.10. The van der Waals surface area contributed by atoms with E-state index in [9.17, 15) is 4.79 Å². The fourth-order valence-electron chi connectivity index (χ4n) is 1.06. The van der Waals surface area contributed by atoms with E-state index in [1.807, 2.05) is 20.1 Å². The molecule has 15 heavy (non-hydrogen) atoms. The number of aromatic nitrogens is 2. The lowest BCUT2D eigenvalue weighted by Crippen LogP contribution is -2.18. The summed E-state index contributed by atoms with van der Waals surface area (Å²) in [5, 5.41) is 8.83. The lowest BCUT2D eigenvalue weighted by molar-refractivity contribution is 0.0695. The van der Waals surface area contributed by atoms with Crippen molar-refractivity contribution >= 4 is 17.7 Å². The summed E-state index contributed by atoms with van der Waals surface area (Å²) in [6.45, 7) is 5.70. The zero-order valence-corrected chi connectivity index (χ0v) is 10.1. The van der Waals surface area contributed by atoms with Crippen molar-refractivity contribution in [3.8, 4) is 0 Å². The lowest BCUT2D eigenvalue weighted by atomic mass is 10.1. The molecule has 0 aliphatic heterocycles. The van der Waals surface area contributed by atoms with Crippen LogP contribution in [-0.4, -0.2) is 27.3 Å². The van der Waals surface area contributed by atoms with Crippen LogP contribution in [0.15, 0.2) is 6.20 Å². The Morgan fingerprint density at radius 3 is 2.53 bits per heavy atom. The summed E-state index contributed by atoms with van der Waals surface area (Å²) in [4.78, 5) is 19.1. The van der Waals surface area contributed by atoms with Gasteiger partial charge >= 0.3 is 5.97 Å². The van der Waals surface area contributed by atoms with Crippen molar-refractivity contribution in [2.75, 3.05) is 6.26 Å². The number of carboxylic acids is 1. The van der Waals surface area contributed by atoms with Crippen LogP contribution >= 0.6 is 11.8 Å². The fourth-order valence-corrected chi connectivity index (χ4v) is 1.34. The van der Waals surface area contributed by atoms with E-state index in [4.69, 9.17) is 5.11 Å². The maximum Gasteiger partial charge on any atom is 0.339 e. The second-order valence-corrected chi connectivity index (χ2v) is 5.14. The molecule has 1 rings (SSSR count). The van der Waals surface area contributed by atoms with Crippen molar-refractivity contribution in [2.24, 2.45) is 0 Å². The Kier molecular flexibility index (Phi) is 3.34. The first-order valence-electron chi connectivity index (χ1n) is 4.51. The summed E-state index contributed by atoms with van der Waals surface area (Å²) in [5.41, 5.74) is 0.672. The van der Waals surface area contributed by atoms with Gasteiger partial charge in [0.1, 0.15) is 5.82 Å². The van der Waals surface area contributed by atoms with Gasteiger partial charge in [0, 0.05) is 6.20 Å². The van der Waals surface area contributed by atoms with Gasteiger partial charge in [0.05, 0.1) is 16.0 Å². The topological polar surface area (TPSA) is 63.1 Å². The van der Waals surface area contributed by atoms with Gasteiger partial charge in [-0.2, -0.15) is 11.8 Å². The number of hydrogen-bond donors (Lipinski definition) is 1. The van der Waals surface area contributed by atoms with Gasteiger partial charge in [-0.25, -0.2) is 14.8 Å². The smallest absolute Gasteiger partial charge is 0.339 e. The Labute approximate surface area is 93.1 Å². The SMILES string of the molecule is CSC(C)(C)c1ncc(C(=O)O)c(C)n1. The number of nitrogens with zero attached hydrogens (tertiary/aromatic N) is 2. The zero-order valence-electron chi connectivity index (χ0n) is 9.24. The van der Waals surface area contributed by atoms with Crippen molar-refractivity contribution in [1.82, 2.24) is 9.97 Å². The third kappa shape index (κ3) is 2.47. The molecule has 0 spiro atoms. The van der Waals surface area contributed by atoms with Crippen molar-refractivity contribution in [3.05, 3.63) is 23.3 Å². The Bertz CT molecular complexity index is 391. The molecule has 0 radical (unpaired) electrons. The van der Waals surface area contributed by atoms with Crippen LogP contribution in [0.2, 0.25) is 0 Å². The summed E-state index contributed by atoms with van der Waals surface area (Å²) >= 11 is 1.63. The van der Waals surface area contributed by atoms with Crippen LogP contribution in [-0.2, 0) is 4.75 Å². The van der Waals surface area contributed by atoms with Crippen LogP contribution in [0.4, 0.5) is 0 Å². The minimum atomic E-state index is -0.985. The second-order valence-electron chi connectivity index (χ2n) is 3.71. The van der Waals surface area contributed by atoms with Gasteiger partial charge in [-0.1, -0.05) is 0 Å². The Balaban J connectivity index is 3.18. The van der Waals surface area contributed by atoms with Crippen molar-refractivity contribution in [1.29, 1.82) is 0 Å². The molecule has 1 aromatic rings. The van der Waals surface area contributed by atoms with Gasteiger partial charge in [-0.15, -0.1) is 0 Å². The number of rotatable bonds is 3. The molecule has 0 unspecified atom stereocenters. The molecule has 0 aliphatic rings. The van der Waals surface area contributed by atoms with Gasteiger partial charge in [-0.05, 0) is 27.0 Å². The molecule has 4 nitrogen and oxygen atoms in total. The number of carbonyl (C=O) groups is 1. The first kappa shape index (κ1) is 12.0. The summed E-state index contributed by atoms with van der Waals surface area (Å²) in [7, 11) is 0. The number of aromatic carboxylic acids is 1. The highest BCUT2D eigenvalue weighted by Gasteiger charge is 2.23. The quantitative estimate of drug-likeness (QED) is 0.855. The largest absolute Gasteiger partial charge is 0.478 e. The molecule has 0 saturated heterocycles. The molecule has 0 aliphatic carbocycles. The third-order valence-corrected chi connectivity index (χ3v) is 3.46. The van der Waals surface area contributed by atoms with Gasteiger partial charge in [0.2, 0.25) is 0 Å². The first-order chi connectivity index (χ1) is 6.88. The minimum absolute atomic E-state index is 0.163. The molecule has 1 N–H and O–H groups in total. The zero-order chi connectivity index (χ0) is 11.6. The third-order valence-electron chi connectivity index (χ3n) is 2.26. The number of aryl methyl sites for hydroxylation is 1. The fraction of sp³-hybridized carbons (Fsp3) is 0.500. The molecule has 1 heterocycles. The number of hydrogen-bond acceptors (Lipinski definition) is 4. The summed E-state index contributed by atoms with van der Waals surface area (Å²) in [6.07, 6.45) is 3.35. The molecule has 5 heteroatoms. The van der Waals surface area contributed by atoms with Crippen molar-refractivity contribution in [2.45, 2.75) is 25.5 Å². The predicted molar refractivity (Wildman–Crippen MR) is 60.3 cm³/mol. The number of thioether (sulfide) groups is 1. The summed E-state index contributed by atoms with van der Waals surface area (Å²) < 4.78 is -0.193. The molecular formula is C10H14N2O2S. The van der Waals surface area contributed by atoms with Crippen molar-refractivity contribution in [3.63, 3.8) is 0 Å². The monoisotopic (exact) mass is 226 g/mol. The molecule has 1 aromatic heterocycles. The van der Waals surface area contributed by atoms with Crippen LogP contribution in [0.5, 0.6) is 0 Å². The van der Waals surface area contributed by atoms with Gasteiger partial charge in [0.15, 0.2) is 0 Å². The van der Waals surface area contributed by atoms with E-state index in [2.05, 4.69) is 9.97 Å². The Morgan fingerprint density at radius 2 is 2.13 bits per heavy atom. The molecule has 0 amide bonds. The second kappa shape index (κ2) is 4.18. The van der Waals surface area contributed by atoms with Crippen LogP contribution in [0.1, 0.15) is 35.7 Å². The molecule has 0 atom stereocenters. The van der Waals surface area contributed by atoms with E-state index in [0.717, 1.165) is 0 Å². The predicted octanol–water partition coefficient (Wildman–Crippen LogP) is 2.08. The highest BCUT2D eigenvalue weighted by atomic mass is 32.2. The maximum absolute atomic E-state index is 10.8. The molecule has 0 bridgehead atoms. The normalized spacial score (nSPS) is 11.5. The van der Waals surface area contributed by atoms with Gasteiger partial charge in [0.25, 0.3) is 0 Å². The summed E-state index contributed by atoms with van der Waals surface area (Å²) in [5.74, 6) is -0.321. The summed E-state index contributed by atoms with van der Waals surface area (Å²) in [6, 6.07) is 0. The van der Waals surface area contributed by atoms with Crippen molar-refractivity contribution < 1.29 is 9.90 Å². The number of carboxylic acid groups (broad SMARTS) is 1. The molecule has 0 saturated carbocycles.